The minimum absolute atomic E-state index is 0.0876. The summed E-state index contributed by atoms with van der Waals surface area (Å²) in [5, 5.41) is 3.55. The second-order valence-corrected chi connectivity index (χ2v) is 7.85. The Bertz CT molecular complexity index is 741. The molecule has 1 saturated heterocycles. The van der Waals surface area contributed by atoms with E-state index in [1.807, 2.05) is 0 Å². The van der Waals surface area contributed by atoms with Crippen molar-refractivity contribution in [1.29, 1.82) is 0 Å². The van der Waals surface area contributed by atoms with Crippen LogP contribution < -0.4 is 10.0 Å². The Balaban J connectivity index is 1.83. The SMILES string of the molecule is O=S(=O)(CC1CCCNC1)Nc1c(Cl)ccc2nsnc12. The maximum atomic E-state index is 12.3. The van der Waals surface area contributed by atoms with Crippen LogP contribution in [0.4, 0.5) is 5.69 Å². The van der Waals surface area contributed by atoms with Crippen molar-refractivity contribution in [3.8, 4) is 0 Å². The van der Waals surface area contributed by atoms with Gasteiger partial charge in [-0.15, -0.1) is 0 Å². The normalized spacial score (nSPS) is 19.8. The molecule has 2 aromatic rings. The molecule has 21 heavy (non-hydrogen) atoms. The number of hydrogen-bond acceptors (Lipinski definition) is 6. The number of rotatable bonds is 4. The largest absolute Gasteiger partial charge is 0.316 e. The lowest BCUT2D eigenvalue weighted by Gasteiger charge is -2.22. The summed E-state index contributed by atoms with van der Waals surface area (Å²) in [6, 6.07) is 3.36. The average molecular weight is 347 g/mol. The predicted molar refractivity (Wildman–Crippen MR) is 85.4 cm³/mol. The van der Waals surface area contributed by atoms with E-state index >= 15 is 0 Å². The summed E-state index contributed by atoms with van der Waals surface area (Å²) >= 11 is 7.14. The van der Waals surface area contributed by atoms with Crippen LogP contribution in [0.1, 0.15) is 12.8 Å². The third-order valence-corrected chi connectivity index (χ3v) is 5.77. The molecule has 9 heteroatoms. The van der Waals surface area contributed by atoms with E-state index in [0.717, 1.165) is 37.7 Å². The number of fused-ring (bicyclic) bond motifs is 1. The molecule has 3 rings (SSSR count). The second-order valence-electron chi connectivity index (χ2n) is 5.15. The topological polar surface area (TPSA) is 84.0 Å². The standard InChI is InChI=1S/C12H15ClN4O2S2/c13-9-3-4-10-12(16-20-15-10)11(9)17-21(18,19)7-8-2-1-5-14-6-8/h3-4,8,14,17H,1-2,5-7H2. The number of benzene rings is 1. The molecule has 6 nitrogen and oxygen atoms in total. The summed E-state index contributed by atoms with van der Waals surface area (Å²) in [5.74, 6) is 0.215. The van der Waals surface area contributed by atoms with Gasteiger partial charge in [-0.3, -0.25) is 4.72 Å². The lowest BCUT2D eigenvalue weighted by Crippen LogP contribution is -2.35. The fourth-order valence-corrected chi connectivity index (χ4v) is 4.80. The van der Waals surface area contributed by atoms with Gasteiger partial charge in [0.2, 0.25) is 10.0 Å². The zero-order valence-corrected chi connectivity index (χ0v) is 13.6. The lowest BCUT2D eigenvalue weighted by molar-refractivity contribution is 0.404. The van der Waals surface area contributed by atoms with E-state index in [1.54, 1.807) is 12.1 Å². The van der Waals surface area contributed by atoms with Crippen molar-refractivity contribution in [2.45, 2.75) is 12.8 Å². The highest BCUT2D eigenvalue weighted by Gasteiger charge is 2.23. The number of halogens is 1. The Morgan fingerprint density at radius 3 is 3.05 bits per heavy atom. The van der Waals surface area contributed by atoms with E-state index < -0.39 is 10.0 Å². The summed E-state index contributed by atoms with van der Waals surface area (Å²) in [7, 11) is -3.46. The Morgan fingerprint density at radius 2 is 2.29 bits per heavy atom. The number of hydrogen-bond donors (Lipinski definition) is 2. The van der Waals surface area contributed by atoms with Crippen LogP contribution in [0.25, 0.3) is 11.0 Å². The van der Waals surface area contributed by atoms with Crippen LogP contribution in [0.5, 0.6) is 0 Å². The first-order chi connectivity index (χ1) is 10.1. The molecule has 0 aliphatic carbocycles. The molecule has 1 fully saturated rings. The molecule has 1 unspecified atom stereocenters. The van der Waals surface area contributed by atoms with Crippen molar-refractivity contribution in [3.63, 3.8) is 0 Å². The maximum absolute atomic E-state index is 12.3. The van der Waals surface area contributed by atoms with E-state index in [4.69, 9.17) is 11.6 Å². The van der Waals surface area contributed by atoms with Gasteiger partial charge in [0, 0.05) is 0 Å². The van der Waals surface area contributed by atoms with Crippen LogP contribution >= 0.6 is 23.3 Å². The Labute approximate surface area is 132 Å². The summed E-state index contributed by atoms with van der Waals surface area (Å²) in [6.45, 7) is 1.69. The molecule has 114 valence electrons. The number of nitrogens with zero attached hydrogens (tertiary/aromatic N) is 2. The first-order valence-corrected chi connectivity index (χ1v) is 9.43. The number of sulfonamides is 1. The number of nitrogens with one attached hydrogen (secondary N) is 2. The maximum Gasteiger partial charge on any atom is 0.233 e. The lowest BCUT2D eigenvalue weighted by atomic mass is 10.0. The predicted octanol–water partition coefficient (Wildman–Crippen LogP) is 2.09. The van der Waals surface area contributed by atoms with Gasteiger partial charge >= 0.3 is 0 Å². The van der Waals surface area contributed by atoms with Gasteiger partial charge in [0.15, 0.2) is 0 Å². The van der Waals surface area contributed by atoms with Gasteiger partial charge < -0.3 is 5.32 Å². The molecule has 0 bridgehead atoms. The molecule has 1 aliphatic heterocycles. The molecule has 2 N–H and O–H groups in total. The van der Waals surface area contributed by atoms with Crippen molar-refractivity contribution >= 4 is 50.1 Å². The number of aromatic nitrogens is 2. The van der Waals surface area contributed by atoms with Gasteiger partial charge in [0.1, 0.15) is 11.0 Å². The smallest absolute Gasteiger partial charge is 0.233 e. The van der Waals surface area contributed by atoms with Gasteiger partial charge in [-0.05, 0) is 44.0 Å². The summed E-state index contributed by atoms with van der Waals surface area (Å²) in [5.41, 5.74) is 1.46. The Kier molecular flexibility index (Phi) is 4.30. The quantitative estimate of drug-likeness (QED) is 0.885. The van der Waals surface area contributed by atoms with E-state index in [1.165, 1.54) is 0 Å². The minimum Gasteiger partial charge on any atom is -0.316 e. The first-order valence-electron chi connectivity index (χ1n) is 6.67. The number of piperidine rings is 1. The zero-order valence-electron chi connectivity index (χ0n) is 11.2. The minimum atomic E-state index is -3.46. The highest BCUT2D eigenvalue weighted by Crippen LogP contribution is 2.31. The molecular formula is C12H15ClN4O2S2. The van der Waals surface area contributed by atoms with Crippen molar-refractivity contribution in [2.24, 2.45) is 5.92 Å². The Morgan fingerprint density at radius 1 is 1.43 bits per heavy atom. The first kappa shape index (κ1) is 15.0. The summed E-state index contributed by atoms with van der Waals surface area (Å²) in [4.78, 5) is 0. The average Bonchev–Trinajstić information content (AvgIpc) is 2.91. The molecule has 1 atom stereocenters. The van der Waals surface area contributed by atoms with Crippen LogP contribution in [-0.2, 0) is 10.0 Å². The number of anilines is 1. The van der Waals surface area contributed by atoms with Gasteiger partial charge in [0.05, 0.1) is 28.2 Å². The Hall–Kier alpha value is -0.960. The van der Waals surface area contributed by atoms with Crippen LogP contribution in [-0.4, -0.2) is 36.0 Å². The van der Waals surface area contributed by atoms with E-state index in [-0.39, 0.29) is 11.7 Å². The molecule has 0 saturated carbocycles. The van der Waals surface area contributed by atoms with E-state index in [0.29, 0.717) is 21.7 Å². The van der Waals surface area contributed by atoms with E-state index in [2.05, 4.69) is 18.8 Å². The monoisotopic (exact) mass is 346 g/mol. The fraction of sp³-hybridized carbons (Fsp3) is 0.500. The molecule has 2 heterocycles. The van der Waals surface area contributed by atoms with Crippen molar-refractivity contribution in [3.05, 3.63) is 17.2 Å². The molecule has 1 aliphatic rings. The molecule has 0 spiro atoms. The molecule has 0 amide bonds. The van der Waals surface area contributed by atoms with Crippen molar-refractivity contribution < 1.29 is 8.42 Å². The zero-order chi connectivity index (χ0) is 14.9. The van der Waals surface area contributed by atoms with Gasteiger partial charge in [-0.25, -0.2) is 8.42 Å². The third kappa shape index (κ3) is 3.45. The van der Waals surface area contributed by atoms with Crippen molar-refractivity contribution in [2.75, 3.05) is 23.6 Å². The van der Waals surface area contributed by atoms with Crippen LogP contribution in [0, 0.1) is 5.92 Å². The molecular weight excluding hydrogens is 332 g/mol. The second kappa shape index (κ2) is 6.04. The third-order valence-electron chi connectivity index (χ3n) is 3.49. The fourth-order valence-electron chi connectivity index (χ4n) is 2.50. The summed E-state index contributed by atoms with van der Waals surface area (Å²) < 4.78 is 35.5. The summed E-state index contributed by atoms with van der Waals surface area (Å²) in [6.07, 6.45) is 1.93. The highest BCUT2D eigenvalue weighted by atomic mass is 35.5. The highest BCUT2D eigenvalue weighted by molar-refractivity contribution is 7.92. The van der Waals surface area contributed by atoms with Crippen LogP contribution in [0.15, 0.2) is 12.1 Å². The van der Waals surface area contributed by atoms with E-state index in [9.17, 15) is 8.42 Å². The molecule has 1 aromatic carbocycles. The van der Waals surface area contributed by atoms with Gasteiger partial charge in [-0.1, -0.05) is 11.6 Å². The van der Waals surface area contributed by atoms with Crippen molar-refractivity contribution in [1.82, 2.24) is 14.1 Å². The molecule has 0 radical (unpaired) electrons. The van der Waals surface area contributed by atoms with Crippen LogP contribution in [0.2, 0.25) is 5.02 Å². The molecule has 1 aromatic heterocycles. The van der Waals surface area contributed by atoms with Gasteiger partial charge in [0.25, 0.3) is 0 Å². The van der Waals surface area contributed by atoms with Crippen LogP contribution in [0.3, 0.4) is 0 Å². The van der Waals surface area contributed by atoms with Gasteiger partial charge in [-0.2, -0.15) is 8.75 Å².